The molecular weight excluding hydrogens is 376 g/mol. The molecule has 2 aromatic carbocycles. The molecule has 5 aromatic rings. The number of benzene rings is 2. The average molecular weight is 394 g/mol. The molecule has 30 heavy (non-hydrogen) atoms. The van der Waals surface area contributed by atoms with E-state index in [1.54, 1.807) is 24.8 Å². The molecule has 5 rings (SSSR count). The third-order valence-corrected chi connectivity index (χ3v) is 4.52. The van der Waals surface area contributed by atoms with E-state index in [2.05, 4.69) is 47.7 Å². The molecule has 146 valence electrons. The van der Waals surface area contributed by atoms with Gasteiger partial charge < -0.3 is 5.32 Å². The molecular formula is C22H18N8. The standard InChI is InChI=1S/C22H18N8/c1-3-8-16(9-4-1)14-25-19-18-20(30(15-26-18)17-10-5-2-6-11-17)28-22(27-19)29-21-23-12-7-13-24-21/h1-13,15H,14H2,(H2,23,24,25,27,28,29). The first-order valence-electron chi connectivity index (χ1n) is 9.49. The zero-order chi connectivity index (χ0) is 20.2. The minimum Gasteiger partial charge on any atom is -0.364 e. The van der Waals surface area contributed by atoms with Gasteiger partial charge >= 0.3 is 0 Å². The Labute approximate surface area is 172 Å². The van der Waals surface area contributed by atoms with Crippen LogP contribution in [0.5, 0.6) is 0 Å². The van der Waals surface area contributed by atoms with Crippen molar-refractivity contribution >= 4 is 28.9 Å². The van der Waals surface area contributed by atoms with Crippen LogP contribution in [0.3, 0.4) is 0 Å². The van der Waals surface area contributed by atoms with Crippen molar-refractivity contribution in [2.45, 2.75) is 6.54 Å². The number of imidazole rings is 1. The van der Waals surface area contributed by atoms with Gasteiger partial charge in [-0.3, -0.25) is 9.88 Å². The third-order valence-electron chi connectivity index (χ3n) is 4.52. The van der Waals surface area contributed by atoms with E-state index in [-0.39, 0.29) is 0 Å². The predicted octanol–water partition coefficient (Wildman–Crippen LogP) is 3.96. The van der Waals surface area contributed by atoms with Crippen LogP contribution in [0.2, 0.25) is 0 Å². The molecule has 0 spiro atoms. The molecule has 0 amide bonds. The van der Waals surface area contributed by atoms with Gasteiger partial charge in [0.15, 0.2) is 17.0 Å². The minimum atomic E-state index is 0.391. The van der Waals surface area contributed by atoms with Crippen molar-refractivity contribution in [3.63, 3.8) is 0 Å². The van der Waals surface area contributed by atoms with Gasteiger partial charge in [-0.1, -0.05) is 48.5 Å². The summed E-state index contributed by atoms with van der Waals surface area (Å²) in [4.78, 5) is 22.3. The fraction of sp³-hybridized carbons (Fsp3) is 0.0455. The maximum Gasteiger partial charge on any atom is 0.233 e. The second-order valence-corrected chi connectivity index (χ2v) is 6.55. The Bertz CT molecular complexity index is 1250. The lowest BCUT2D eigenvalue weighted by Gasteiger charge is -2.10. The van der Waals surface area contributed by atoms with Crippen LogP contribution in [0.15, 0.2) is 85.5 Å². The van der Waals surface area contributed by atoms with E-state index in [0.717, 1.165) is 11.3 Å². The molecule has 3 heterocycles. The third kappa shape index (κ3) is 3.66. The summed E-state index contributed by atoms with van der Waals surface area (Å²) >= 11 is 0. The van der Waals surface area contributed by atoms with E-state index in [1.165, 1.54) is 0 Å². The summed E-state index contributed by atoms with van der Waals surface area (Å²) in [6.07, 6.45) is 5.08. The predicted molar refractivity (Wildman–Crippen MR) is 116 cm³/mol. The van der Waals surface area contributed by atoms with E-state index in [0.29, 0.717) is 35.4 Å². The topological polar surface area (TPSA) is 93.4 Å². The number of hydrogen-bond donors (Lipinski definition) is 2. The summed E-state index contributed by atoms with van der Waals surface area (Å²) in [6, 6.07) is 21.8. The number of nitrogens with zero attached hydrogens (tertiary/aromatic N) is 6. The minimum absolute atomic E-state index is 0.391. The Kier molecular flexibility index (Phi) is 4.71. The number of rotatable bonds is 6. The van der Waals surface area contributed by atoms with Crippen molar-refractivity contribution in [3.8, 4) is 5.69 Å². The summed E-state index contributed by atoms with van der Waals surface area (Å²) in [5.41, 5.74) is 3.49. The molecule has 2 N–H and O–H groups in total. The highest BCUT2D eigenvalue weighted by Crippen LogP contribution is 2.24. The Balaban J connectivity index is 1.57. The molecule has 3 aromatic heterocycles. The van der Waals surface area contributed by atoms with Gasteiger partial charge in [0.05, 0.1) is 0 Å². The fourth-order valence-electron chi connectivity index (χ4n) is 3.10. The molecule has 0 saturated carbocycles. The first-order valence-corrected chi connectivity index (χ1v) is 9.49. The molecule has 0 aliphatic heterocycles. The molecule has 0 radical (unpaired) electrons. The second-order valence-electron chi connectivity index (χ2n) is 6.55. The normalized spacial score (nSPS) is 10.8. The smallest absolute Gasteiger partial charge is 0.233 e. The van der Waals surface area contributed by atoms with Gasteiger partial charge in [0.1, 0.15) is 6.33 Å². The Morgan fingerprint density at radius 2 is 1.47 bits per heavy atom. The molecule has 8 heteroatoms. The molecule has 0 atom stereocenters. The maximum atomic E-state index is 4.68. The number of aromatic nitrogens is 6. The lowest BCUT2D eigenvalue weighted by Crippen LogP contribution is -2.07. The highest BCUT2D eigenvalue weighted by Gasteiger charge is 2.15. The van der Waals surface area contributed by atoms with Crippen molar-refractivity contribution in [1.29, 1.82) is 0 Å². The SMILES string of the molecule is c1ccc(CNc2nc(Nc3ncccn3)nc3c2ncn3-c2ccccc2)cc1. The van der Waals surface area contributed by atoms with Crippen molar-refractivity contribution in [1.82, 2.24) is 29.5 Å². The monoisotopic (exact) mass is 394 g/mol. The van der Waals surface area contributed by atoms with Crippen molar-refractivity contribution < 1.29 is 0 Å². The van der Waals surface area contributed by atoms with Gasteiger partial charge in [-0.05, 0) is 23.8 Å². The number of nitrogens with one attached hydrogen (secondary N) is 2. The van der Waals surface area contributed by atoms with Crippen molar-refractivity contribution in [3.05, 3.63) is 91.0 Å². The van der Waals surface area contributed by atoms with Crippen molar-refractivity contribution in [2.75, 3.05) is 10.6 Å². The summed E-state index contributed by atoms with van der Waals surface area (Å²) in [7, 11) is 0. The number of fused-ring (bicyclic) bond motifs is 1. The summed E-state index contributed by atoms with van der Waals surface area (Å²) in [6.45, 7) is 0.617. The lowest BCUT2D eigenvalue weighted by molar-refractivity contribution is 1.05. The highest BCUT2D eigenvalue weighted by atomic mass is 15.2. The van der Waals surface area contributed by atoms with Crippen LogP contribution in [-0.4, -0.2) is 29.5 Å². The number of hydrogen-bond acceptors (Lipinski definition) is 7. The second kappa shape index (κ2) is 7.96. The highest BCUT2D eigenvalue weighted by molar-refractivity contribution is 5.85. The van der Waals surface area contributed by atoms with Crippen LogP contribution in [0, 0.1) is 0 Å². The zero-order valence-corrected chi connectivity index (χ0v) is 16.0. The summed E-state index contributed by atoms with van der Waals surface area (Å²) < 4.78 is 1.93. The Morgan fingerprint density at radius 1 is 0.733 bits per heavy atom. The van der Waals surface area contributed by atoms with E-state index in [9.17, 15) is 0 Å². The van der Waals surface area contributed by atoms with Gasteiger partial charge in [-0.2, -0.15) is 9.97 Å². The lowest BCUT2D eigenvalue weighted by atomic mass is 10.2. The average Bonchev–Trinajstić information content (AvgIpc) is 3.23. The van der Waals surface area contributed by atoms with E-state index in [1.807, 2.05) is 53.1 Å². The fourth-order valence-corrected chi connectivity index (χ4v) is 3.10. The molecule has 0 bridgehead atoms. The van der Waals surface area contributed by atoms with Crippen LogP contribution < -0.4 is 10.6 Å². The van der Waals surface area contributed by atoms with E-state index in [4.69, 9.17) is 0 Å². The Morgan fingerprint density at radius 3 is 2.23 bits per heavy atom. The van der Waals surface area contributed by atoms with Crippen LogP contribution in [0.1, 0.15) is 5.56 Å². The van der Waals surface area contributed by atoms with E-state index < -0.39 is 0 Å². The maximum absolute atomic E-state index is 4.68. The van der Waals surface area contributed by atoms with Gasteiger partial charge in [0.2, 0.25) is 11.9 Å². The first-order chi connectivity index (χ1) is 14.9. The Hall–Kier alpha value is -4.33. The molecule has 0 fully saturated rings. The molecule has 0 unspecified atom stereocenters. The number of para-hydroxylation sites is 1. The van der Waals surface area contributed by atoms with Gasteiger partial charge in [-0.15, -0.1) is 0 Å². The first kappa shape index (κ1) is 17.7. The number of anilines is 3. The van der Waals surface area contributed by atoms with E-state index >= 15 is 0 Å². The van der Waals surface area contributed by atoms with Crippen LogP contribution >= 0.6 is 0 Å². The van der Waals surface area contributed by atoms with Gasteiger partial charge in [-0.25, -0.2) is 15.0 Å². The molecule has 0 saturated heterocycles. The van der Waals surface area contributed by atoms with Crippen LogP contribution in [0.25, 0.3) is 16.9 Å². The largest absolute Gasteiger partial charge is 0.364 e. The summed E-state index contributed by atoms with van der Waals surface area (Å²) in [5, 5.41) is 6.46. The van der Waals surface area contributed by atoms with Crippen molar-refractivity contribution in [2.24, 2.45) is 0 Å². The molecule has 0 aliphatic carbocycles. The molecule has 0 aliphatic rings. The van der Waals surface area contributed by atoms with Gasteiger partial charge in [0, 0.05) is 24.6 Å². The van der Waals surface area contributed by atoms with Crippen LogP contribution in [-0.2, 0) is 6.54 Å². The quantitative estimate of drug-likeness (QED) is 0.450. The zero-order valence-electron chi connectivity index (χ0n) is 16.0. The van der Waals surface area contributed by atoms with Crippen LogP contribution in [0.4, 0.5) is 17.7 Å². The van der Waals surface area contributed by atoms with Gasteiger partial charge in [0.25, 0.3) is 0 Å². The summed E-state index contributed by atoms with van der Waals surface area (Å²) in [5.74, 6) is 1.45. The molecule has 8 nitrogen and oxygen atoms in total.